The molecule has 2 amide bonds. The van der Waals surface area contributed by atoms with Crippen molar-refractivity contribution in [3.05, 3.63) is 28.2 Å². The maximum Gasteiger partial charge on any atom is 0.330 e. The minimum absolute atomic E-state index is 0.0513. The van der Waals surface area contributed by atoms with E-state index in [0.717, 1.165) is 0 Å². The first kappa shape index (κ1) is 18.4. The molecule has 0 unspecified atom stereocenters. The second-order valence-electron chi connectivity index (χ2n) is 6.02. The van der Waals surface area contributed by atoms with Crippen LogP contribution in [0.3, 0.4) is 0 Å². The predicted octanol–water partition coefficient (Wildman–Crippen LogP) is 2.93. The van der Waals surface area contributed by atoms with Crippen LogP contribution in [0, 0.1) is 0 Å². The average molecular weight is 403 g/mol. The first-order chi connectivity index (χ1) is 11.8. The van der Waals surface area contributed by atoms with Crippen molar-refractivity contribution in [1.29, 1.82) is 0 Å². The molecule has 0 saturated carbocycles. The lowest BCUT2D eigenvalue weighted by Gasteiger charge is -2.29. The number of halogens is 2. The number of carbonyl (C=O) groups is 3. The van der Waals surface area contributed by atoms with Gasteiger partial charge >= 0.3 is 5.97 Å². The second-order valence-corrected chi connectivity index (χ2v) is 8.31. The topological polar surface area (TPSA) is 75.7 Å². The molecule has 0 bridgehead atoms. The molecule has 0 spiro atoms. The third kappa shape index (κ3) is 3.59. The lowest BCUT2D eigenvalue weighted by atomic mass is 10.2. The molecule has 0 radical (unpaired) electrons. The Hall–Kier alpha value is -1.44. The van der Waals surface area contributed by atoms with E-state index in [2.05, 4.69) is 5.32 Å². The van der Waals surface area contributed by atoms with Crippen LogP contribution in [0.2, 0.25) is 10.0 Å². The zero-order valence-corrected chi connectivity index (χ0v) is 15.7. The number of rotatable bonds is 4. The van der Waals surface area contributed by atoms with Crippen LogP contribution in [-0.4, -0.2) is 46.0 Å². The van der Waals surface area contributed by atoms with E-state index in [1.165, 1.54) is 0 Å². The molecule has 1 N–H and O–H groups in total. The number of benzene rings is 1. The first-order valence-electron chi connectivity index (χ1n) is 7.68. The van der Waals surface area contributed by atoms with Crippen molar-refractivity contribution in [3.8, 4) is 0 Å². The van der Waals surface area contributed by atoms with Crippen LogP contribution >= 0.6 is 35.0 Å². The molecule has 0 aromatic heterocycles. The number of carbonyl (C=O) groups excluding carboxylic acids is 3. The third-order valence-electron chi connectivity index (χ3n) is 4.29. The van der Waals surface area contributed by atoms with Gasteiger partial charge in [-0.15, -0.1) is 11.8 Å². The molecule has 2 aliphatic rings. The summed E-state index contributed by atoms with van der Waals surface area (Å²) in [6.07, 6.45) is 1.15. The molecule has 9 heteroatoms. The molecule has 2 saturated heterocycles. The van der Waals surface area contributed by atoms with Crippen molar-refractivity contribution in [2.24, 2.45) is 0 Å². The van der Waals surface area contributed by atoms with Gasteiger partial charge in [0.25, 0.3) is 5.91 Å². The first-order valence-corrected chi connectivity index (χ1v) is 9.42. The van der Waals surface area contributed by atoms with Gasteiger partial charge in [0.1, 0.15) is 6.04 Å². The summed E-state index contributed by atoms with van der Waals surface area (Å²) in [4.78, 5) is 37.5. The summed E-state index contributed by atoms with van der Waals surface area (Å²) in [6.45, 7) is 1.49. The van der Waals surface area contributed by atoms with Crippen molar-refractivity contribution in [2.45, 2.75) is 30.7 Å². The van der Waals surface area contributed by atoms with Crippen LogP contribution in [0.1, 0.15) is 19.8 Å². The molecule has 2 heterocycles. The van der Waals surface area contributed by atoms with Crippen LogP contribution in [-0.2, 0) is 19.1 Å². The maximum atomic E-state index is 12.3. The monoisotopic (exact) mass is 402 g/mol. The summed E-state index contributed by atoms with van der Waals surface area (Å²) in [6, 6.07) is 4.19. The average Bonchev–Trinajstić information content (AvgIpc) is 3.06. The van der Waals surface area contributed by atoms with Gasteiger partial charge in [0.05, 0.1) is 20.6 Å². The Balaban J connectivity index is 1.56. The second kappa shape index (κ2) is 7.05. The van der Waals surface area contributed by atoms with Gasteiger partial charge in [0.15, 0.2) is 6.61 Å². The number of nitrogens with zero attached hydrogens (tertiary/aromatic N) is 1. The molecule has 25 heavy (non-hydrogen) atoms. The molecular weight excluding hydrogens is 387 g/mol. The van der Waals surface area contributed by atoms with E-state index in [1.807, 2.05) is 6.92 Å². The lowest BCUT2D eigenvalue weighted by molar-refractivity contribution is -0.155. The van der Waals surface area contributed by atoms with Crippen LogP contribution in [0.15, 0.2) is 18.2 Å². The van der Waals surface area contributed by atoms with E-state index in [0.29, 0.717) is 29.3 Å². The molecule has 2 fully saturated rings. The Morgan fingerprint density at radius 1 is 1.44 bits per heavy atom. The molecular formula is C16H16Cl2N2O4S. The molecule has 6 nitrogen and oxygen atoms in total. The largest absolute Gasteiger partial charge is 0.454 e. The van der Waals surface area contributed by atoms with Crippen LogP contribution in [0.5, 0.6) is 0 Å². The Bertz CT molecular complexity index is 745. The fourth-order valence-corrected chi connectivity index (χ4v) is 4.78. The molecule has 3 rings (SSSR count). The van der Waals surface area contributed by atoms with E-state index in [-0.39, 0.29) is 15.8 Å². The number of nitrogens with one attached hydrogen (secondary N) is 1. The van der Waals surface area contributed by atoms with Crippen molar-refractivity contribution in [1.82, 2.24) is 4.90 Å². The maximum absolute atomic E-state index is 12.3. The van der Waals surface area contributed by atoms with E-state index in [4.69, 9.17) is 27.9 Å². The van der Waals surface area contributed by atoms with Crippen molar-refractivity contribution in [3.63, 3.8) is 0 Å². The summed E-state index contributed by atoms with van der Waals surface area (Å²) in [5, 5.41) is 3.07. The van der Waals surface area contributed by atoms with Crippen molar-refractivity contribution >= 4 is 58.4 Å². The lowest BCUT2D eigenvalue weighted by Crippen LogP contribution is -2.47. The number of amides is 2. The highest BCUT2D eigenvalue weighted by Crippen LogP contribution is 2.47. The third-order valence-corrected chi connectivity index (χ3v) is 6.61. The summed E-state index contributed by atoms with van der Waals surface area (Å²) in [7, 11) is 0. The fourth-order valence-electron chi connectivity index (χ4n) is 3.01. The summed E-state index contributed by atoms with van der Waals surface area (Å²) in [5.41, 5.74) is 0.342. The van der Waals surface area contributed by atoms with E-state index in [1.54, 1.807) is 34.9 Å². The predicted molar refractivity (Wildman–Crippen MR) is 96.8 cm³/mol. The van der Waals surface area contributed by atoms with Gasteiger partial charge in [-0.2, -0.15) is 0 Å². The minimum Gasteiger partial charge on any atom is -0.454 e. The Morgan fingerprint density at radius 2 is 2.20 bits per heavy atom. The zero-order chi connectivity index (χ0) is 18.2. The minimum atomic E-state index is -0.646. The molecule has 1 aromatic rings. The highest BCUT2D eigenvalue weighted by molar-refractivity contribution is 8.01. The van der Waals surface area contributed by atoms with Crippen LogP contribution in [0.25, 0.3) is 0 Å². The Labute approximate surface area is 159 Å². The van der Waals surface area contributed by atoms with Gasteiger partial charge in [-0.05, 0) is 25.5 Å². The highest BCUT2D eigenvalue weighted by Gasteiger charge is 2.53. The van der Waals surface area contributed by atoms with E-state index in [9.17, 15) is 14.4 Å². The number of ether oxygens (including phenoxy) is 1. The highest BCUT2D eigenvalue weighted by atomic mass is 35.5. The number of hydrogen-bond donors (Lipinski definition) is 1. The fraction of sp³-hybridized carbons (Fsp3) is 0.438. The van der Waals surface area contributed by atoms with E-state index >= 15 is 0 Å². The standard InChI is InChI=1S/C16H16Cl2N2O4S/c1-16-6-5-13(22)20(16)11(8-25-16)15(23)24-7-12(21)19-10-4-2-3-9(17)14(10)18/h2-4,11H,5-8H2,1H3,(H,19,21)/t11-,16+/m0/s1. The van der Waals surface area contributed by atoms with Gasteiger partial charge in [0.2, 0.25) is 5.91 Å². The Kier molecular flexibility index (Phi) is 5.18. The van der Waals surface area contributed by atoms with Gasteiger partial charge in [0, 0.05) is 12.2 Å². The van der Waals surface area contributed by atoms with Gasteiger partial charge in [-0.25, -0.2) is 4.79 Å². The zero-order valence-electron chi connectivity index (χ0n) is 13.4. The summed E-state index contributed by atoms with van der Waals surface area (Å²) < 4.78 is 5.10. The molecule has 1 aromatic carbocycles. The smallest absolute Gasteiger partial charge is 0.330 e. The summed E-state index contributed by atoms with van der Waals surface area (Å²) in [5.74, 6) is -0.676. The normalized spacial score (nSPS) is 25.0. The molecule has 0 aliphatic carbocycles. The molecule has 134 valence electrons. The number of anilines is 1. The SMILES string of the molecule is C[C@@]12CCC(=O)N1[C@H](C(=O)OCC(=O)Nc1cccc(Cl)c1Cl)CS2. The number of hydrogen-bond acceptors (Lipinski definition) is 5. The van der Waals surface area contributed by atoms with Crippen LogP contribution in [0.4, 0.5) is 5.69 Å². The van der Waals surface area contributed by atoms with Gasteiger partial charge < -0.3 is 15.0 Å². The molecule has 2 atom stereocenters. The van der Waals surface area contributed by atoms with E-state index < -0.39 is 24.5 Å². The summed E-state index contributed by atoms with van der Waals surface area (Å²) >= 11 is 13.4. The van der Waals surface area contributed by atoms with Crippen molar-refractivity contribution in [2.75, 3.05) is 17.7 Å². The van der Waals surface area contributed by atoms with Gasteiger partial charge in [-0.1, -0.05) is 29.3 Å². The number of fused-ring (bicyclic) bond motifs is 1. The number of esters is 1. The quantitative estimate of drug-likeness (QED) is 0.783. The van der Waals surface area contributed by atoms with Crippen molar-refractivity contribution < 1.29 is 19.1 Å². The van der Waals surface area contributed by atoms with Crippen LogP contribution < -0.4 is 5.32 Å². The number of thioether (sulfide) groups is 1. The Morgan fingerprint density at radius 3 is 2.96 bits per heavy atom. The molecule has 2 aliphatic heterocycles. The van der Waals surface area contributed by atoms with Gasteiger partial charge in [-0.3, -0.25) is 9.59 Å².